The summed E-state index contributed by atoms with van der Waals surface area (Å²) in [5.41, 5.74) is 4.25. The molecule has 5 heteroatoms. The smallest absolute Gasteiger partial charge is 0.243 e. The van der Waals surface area contributed by atoms with E-state index >= 15 is 0 Å². The Hall–Kier alpha value is -3.21. The number of benzene rings is 2. The van der Waals surface area contributed by atoms with Gasteiger partial charge in [0.1, 0.15) is 0 Å². The SMILES string of the molecule is O=C([O-])CCC(=O)N1N=C2/C(=C/c3ccccc3)CCC[C@@H]2[C@H]1c1ccccc1. The van der Waals surface area contributed by atoms with Gasteiger partial charge >= 0.3 is 0 Å². The van der Waals surface area contributed by atoms with Crippen molar-refractivity contribution in [1.82, 2.24) is 5.01 Å². The zero-order valence-corrected chi connectivity index (χ0v) is 16.2. The van der Waals surface area contributed by atoms with Gasteiger partial charge in [-0.15, -0.1) is 0 Å². The second-order valence-electron chi connectivity index (χ2n) is 7.53. The van der Waals surface area contributed by atoms with E-state index in [0.29, 0.717) is 0 Å². The third-order valence-electron chi connectivity index (χ3n) is 5.58. The van der Waals surface area contributed by atoms with Gasteiger partial charge in [-0.05, 0) is 48.5 Å². The number of allylic oxidation sites excluding steroid dienone is 1. The van der Waals surface area contributed by atoms with Crippen LogP contribution in [0.4, 0.5) is 0 Å². The number of aliphatic carboxylic acids is 1. The number of carboxylic acids is 1. The lowest BCUT2D eigenvalue weighted by Crippen LogP contribution is -2.33. The van der Waals surface area contributed by atoms with Crippen molar-refractivity contribution < 1.29 is 14.7 Å². The molecule has 1 amide bonds. The van der Waals surface area contributed by atoms with Gasteiger partial charge in [-0.1, -0.05) is 60.7 Å². The molecule has 148 valence electrons. The van der Waals surface area contributed by atoms with Gasteiger partial charge in [0.25, 0.3) is 0 Å². The van der Waals surface area contributed by atoms with Crippen LogP contribution in [0.3, 0.4) is 0 Å². The first-order valence-corrected chi connectivity index (χ1v) is 10.0. The number of carbonyl (C=O) groups excluding carboxylic acids is 2. The van der Waals surface area contributed by atoms with Gasteiger partial charge in [-0.25, -0.2) is 5.01 Å². The molecular formula is C24H23N2O3-. The fourth-order valence-electron chi connectivity index (χ4n) is 4.26. The minimum absolute atomic E-state index is 0.104. The van der Waals surface area contributed by atoms with Gasteiger partial charge in [0.2, 0.25) is 5.91 Å². The molecule has 0 bridgehead atoms. The average Bonchev–Trinajstić information content (AvgIpc) is 3.14. The summed E-state index contributed by atoms with van der Waals surface area (Å²) < 4.78 is 0. The van der Waals surface area contributed by atoms with Gasteiger partial charge in [0, 0.05) is 18.3 Å². The number of hydrogen-bond acceptors (Lipinski definition) is 4. The van der Waals surface area contributed by atoms with E-state index in [1.165, 1.54) is 5.01 Å². The van der Waals surface area contributed by atoms with Crippen LogP contribution < -0.4 is 5.11 Å². The van der Waals surface area contributed by atoms with Crippen molar-refractivity contribution in [2.24, 2.45) is 11.0 Å². The highest BCUT2D eigenvalue weighted by atomic mass is 16.4. The Balaban J connectivity index is 1.70. The maximum absolute atomic E-state index is 12.9. The fourth-order valence-corrected chi connectivity index (χ4v) is 4.26. The van der Waals surface area contributed by atoms with Gasteiger partial charge < -0.3 is 9.90 Å². The first-order valence-electron chi connectivity index (χ1n) is 10.0. The molecule has 0 N–H and O–H groups in total. The summed E-state index contributed by atoms with van der Waals surface area (Å²) in [4.78, 5) is 23.7. The van der Waals surface area contributed by atoms with Crippen LogP contribution in [0.25, 0.3) is 6.08 Å². The Morgan fingerprint density at radius 1 is 1.03 bits per heavy atom. The summed E-state index contributed by atoms with van der Waals surface area (Å²) >= 11 is 0. The summed E-state index contributed by atoms with van der Waals surface area (Å²) in [6.45, 7) is 0. The van der Waals surface area contributed by atoms with Crippen LogP contribution in [0, 0.1) is 5.92 Å². The molecule has 29 heavy (non-hydrogen) atoms. The van der Waals surface area contributed by atoms with Crippen LogP contribution in [0.2, 0.25) is 0 Å². The van der Waals surface area contributed by atoms with E-state index in [2.05, 4.69) is 18.2 Å². The predicted octanol–water partition coefficient (Wildman–Crippen LogP) is 3.34. The minimum Gasteiger partial charge on any atom is -0.550 e. The molecule has 0 radical (unpaired) electrons. The summed E-state index contributed by atoms with van der Waals surface area (Å²) in [5.74, 6) is -1.37. The number of hydrogen-bond donors (Lipinski definition) is 0. The lowest BCUT2D eigenvalue weighted by atomic mass is 9.77. The van der Waals surface area contributed by atoms with Crippen molar-refractivity contribution in [2.45, 2.75) is 38.1 Å². The Morgan fingerprint density at radius 3 is 2.41 bits per heavy atom. The Kier molecular flexibility index (Phi) is 5.56. The van der Waals surface area contributed by atoms with E-state index in [-0.39, 0.29) is 30.7 Å². The minimum atomic E-state index is -1.22. The maximum Gasteiger partial charge on any atom is 0.243 e. The predicted molar refractivity (Wildman–Crippen MR) is 109 cm³/mol. The summed E-state index contributed by atoms with van der Waals surface area (Å²) in [6.07, 6.45) is 4.67. The third-order valence-corrected chi connectivity index (χ3v) is 5.58. The van der Waals surface area contributed by atoms with Crippen LogP contribution in [0.1, 0.15) is 49.3 Å². The highest BCUT2D eigenvalue weighted by Gasteiger charge is 2.43. The molecule has 1 heterocycles. The van der Waals surface area contributed by atoms with Crippen LogP contribution in [-0.2, 0) is 9.59 Å². The number of amides is 1. The van der Waals surface area contributed by atoms with Crippen LogP contribution in [0.5, 0.6) is 0 Å². The van der Waals surface area contributed by atoms with Crippen LogP contribution in [0.15, 0.2) is 71.3 Å². The van der Waals surface area contributed by atoms with Crippen molar-refractivity contribution in [1.29, 1.82) is 0 Å². The van der Waals surface area contributed by atoms with Crippen molar-refractivity contribution in [3.05, 3.63) is 77.4 Å². The van der Waals surface area contributed by atoms with E-state index < -0.39 is 5.97 Å². The van der Waals surface area contributed by atoms with Gasteiger partial charge in [0.15, 0.2) is 0 Å². The molecule has 0 saturated heterocycles. The Morgan fingerprint density at radius 2 is 1.72 bits per heavy atom. The van der Waals surface area contributed by atoms with Crippen LogP contribution >= 0.6 is 0 Å². The van der Waals surface area contributed by atoms with Gasteiger partial charge in [-0.3, -0.25) is 4.79 Å². The largest absolute Gasteiger partial charge is 0.550 e. The average molecular weight is 387 g/mol. The topological polar surface area (TPSA) is 72.8 Å². The van der Waals surface area contributed by atoms with Crippen molar-refractivity contribution >= 4 is 23.7 Å². The zero-order chi connectivity index (χ0) is 20.2. The van der Waals surface area contributed by atoms with E-state index in [0.717, 1.165) is 41.7 Å². The number of fused-ring (bicyclic) bond motifs is 1. The lowest BCUT2D eigenvalue weighted by Gasteiger charge is -2.29. The lowest BCUT2D eigenvalue weighted by molar-refractivity contribution is -0.305. The maximum atomic E-state index is 12.9. The molecule has 2 aromatic carbocycles. The molecule has 1 aliphatic carbocycles. The first kappa shape index (κ1) is 19.1. The number of carboxylic acid groups (broad SMARTS) is 1. The summed E-state index contributed by atoms with van der Waals surface area (Å²) in [6, 6.07) is 19.8. The molecule has 0 unspecified atom stereocenters. The Bertz CT molecular complexity index is 951. The molecule has 2 aromatic rings. The summed E-state index contributed by atoms with van der Waals surface area (Å²) in [5, 5.41) is 17.1. The van der Waals surface area contributed by atoms with E-state index in [9.17, 15) is 14.7 Å². The van der Waals surface area contributed by atoms with Crippen molar-refractivity contribution in [3.63, 3.8) is 0 Å². The number of hydrazone groups is 1. The molecule has 2 aliphatic rings. The van der Waals surface area contributed by atoms with Crippen LogP contribution in [-0.4, -0.2) is 22.6 Å². The molecule has 1 saturated carbocycles. The first-order chi connectivity index (χ1) is 14.1. The number of nitrogens with zero attached hydrogens (tertiary/aromatic N) is 2. The molecule has 5 nitrogen and oxygen atoms in total. The normalized spacial score (nSPS) is 22.3. The standard InChI is InChI=1S/C24H24N2O3/c27-21(14-15-22(28)29)26-24(18-10-5-2-6-11-18)20-13-7-12-19(23(20)25-26)16-17-8-3-1-4-9-17/h1-6,8-11,16,20,24H,7,12-15H2,(H,28,29)/p-1/b19-16+/t20-,24+/m0/s1. The molecule has 1 aliphatic heterocycles. The van der Waals surface area contributed by atoms with Gasteiger partial charge in [0.05, 0.1) is 11.8 Å². The highest BCUT2D eigenvalue weighted by molar-refractivity contribution is 6.08. The Labute approximate surface area is 170 Å². The molecular weight excluding hydrogens is 364 g/mol. The molecule has 1 fully saturated rings. The number of rotatable bonds is 5. The number of carbonyl (C=O) groups is 2. The highest BCUT2D eigenvalue weighted by Crippen LogP contribution is 2.44. The third kappa shape index (κ3) is 4.14. The second-order valence-corrected chi connectivity index (χ2v) is 7.53. The molecule has 4 rings (SSSR count). The van der Waals surface area contributed by atoms with Crippen molar-refractivity contribution in [3.8, 4) is 0 Å². The molecule has 0 spiro atoms. The molecule has 2 atom stereocenters. The summed E-state index contributed by atoms with van der Waals surface area (Å²) in [7, 11) is 0. The van der Waals surface area contributed by atoms with E-state index in [1.807, 2.05) is 48.5 Å². The fraction of sp³-hybridized carbons (Fsp3) is 0.292. The van der Waals surface area contributed by atoms with E-state index in [4.69, 9.17) is 5.10 Å². The monoisotopic (exact) mass is 387 g/mol. The zero-order valence-electron chi connectivity index (χ0n) is 16.2. The quantitative estimate of drug-likeness (QED) is 0.790. The second kappa shape index (κ2) is 8.43. The van der Waals surface area contributed by atoms with E-state index in [1.54, 1.807) is 0 Å². The molecule has 0 aromatic heterocycles. The van der Waals surface area contributed by atoms with Gasteiger partial charge in [-0.2, -0.15) is 5.10 Å². The van der Waals surface area contributed by atoms with Crippen molar-refractivity contribution in [2.75, 3.05) is 0 Å².